The monoisotopic (exact) mass is 698 g/mol. The molecule has 2 heterocycles. The molecule has 1 aliphatic rings. The quantitative estimate of drug-likeness (QED) is 0.180. The van der Waals surface area contributed by atoms with E-state index in [4.69, 9.17) is 14.4 Å². The molecule has 54 heavy (non-hydrogen) atoms. The third-order valence-electron chi connectivity index (χ3n) is 12.0. The van der Waals surface area contributed by atoms with Crippen molar-refractivity contribution in [2.75, 3.05) is 0 Å². The minimum atomic E-state index is -0.178. The van der Waals surface area contributed by atoms with E-state index in [9.17, 15) is 0 Å². The lowest BCUT2D eigenvalue weighted by atomic mass is 9.55. The van der Waals surface area contributed by atoms with Crippen LogP contribution >= 0.6 is 0 Å². The van der Waals surface area contributed by atoms with Crippen molar-refractivity contribution in [3.05, 3.63) is 168 Å². The largest absolute Gasteiger partial charge is 0.456 e. The molecule has 0 saturated heterocycles. The van der Waals surface area contributed by atoms with Crippen molar-refractivity contribution >= 4 is 34.2 Å². The van der Waals surface area contributed by atoms with Gasteiger partial charge in [0.05, 0.1) is 22.4 Å². The number of hydrogen-bond donors (Lipinski definition) is 0. The summed E-state index contributed by atoms with van der Waals surface area (Å²) < 4.78 is 6.34. The average Bonchev–Trinajstić information content (AvgIpc) is 3.56. The van der Waals surface area contributed by atoms with Gasteiger partial charge in [0.25, 0.3) is 0 Å². The van der Waals surface area contributed by atoms with Crippen molar-refractivity contribution in [2.24, 2.45) is 0 Å². The lowest BCUT2D eigenvalue weighted by molar-refractivity contribution is 0.299. The molecule has 0 N–H and O–H groups in total. The molecule has 3 nitrogen and oxygen atoms in total. The molecule has 2 aromatic heterocycles. The normalized spacial score (nSPS) is 15.0. The Balaban J connectivity index is 1.22. The molecule has 8 aromatic rings. The van der Waals surface area contributed by atoms with Crippen molar-refractivity contribution in [2.45, 2.75) is 45.4 Å². The van der Waals surface area contributed by atoms with Gasteiger partial charge in [0.15, 0.2) is 0 Å². The van der Waals surface area contributed by atoms with E-state index in [2.05, 4.69) is 143 Å². The molecule has 0 amide bonds. The summed E-state index contributed by atoms with van der Waals surface area (Å²) in [7, 11) is 0. The number of aromatic nitrogens is 2. The van der Waals surface area contributed by atoms with E-state index in [1.165, 1.54) is 44.5 Å². The van der Waals surface area contributed by atoms with Gasteiger partial charge in [0.1, 0.15) is 11.0 Å². The van der Waals surface area contributed by atoms with E-state index in [1.807, 2.05) is 43.3 Å². The first-order valence-electron chi connectivity index (χ1n) is 18.7. The molecule has 6 aromatic carbocycles. The topological polar surface area (TPSA) is 38.9 Å². The number of benzene rings is 6. The van der Waals surface area contributed by atoms with Gasteiger partial charge in [-0.15, -0.1) is 0 Å². The van der Waals surface area contributed by atoms with Crippen LogP contribution in [-0.2, 0) is 10.8 Å². The Morgan fingerprint density at radius 2 is 1.13 bits per heavy atom. The van der Waals surface area contributed by atoms with Gasteiger partial charge in [0.2, 0.25) is 0 Å². The minimum absolute atomic E-state index is 0.144. The second-order valence-electron chi connectivity index (χ2n) is 15.4. The highest BCUT2D eigenvalue weighted by Gasteiger charge is 2.46. The van der Waals surface area contributed by atoms with Gasteiger partial charge in [-0.05, 0) is 111 Å². The number of furan rings is 1. The van der Waals surface area contributed by atoms with Crippen LogP contribution in [0.25, 0.3) is 90.1 Å². The number of rotatable bonds is 5. The van der Waals surface area contributed by atoms with Crippen LogP contribution in [0.5, 0.6) is 0 Å². The fourth-order valence-corrected chi connectivity index (χ4v) is 8.31. The van der Waals surface area contributed by atoms with E-state index in [-0.39, 0.29) is 10.8 Å². The smallest absolute Gasteiger partial charge is 0.136 e. The Labute approximate surface area is 316 Å². The summed E-state index contributed by atoms with van der Waals surface area (Å²) in [6.45, 7) is 15.5. The Kier molecular flexibility index (Phi) is 7.86. The van der Waals surface area contributed by atoms with E-state index in [0.29, 0.717) is 0 Å². The molecular formula is C51H42N2O. The number of fused-ring (bicyclic) bond motifs is 5. The Bertz CT molecular complexity index is 2910. The van der Waals surface area contributed by atoms with E-state index < -0.39 is 0 Å². The highest BCUT2D eigenvalue weighted by Crippen LogP contribution is 2.55. The highest BCUT2D eigenvalue weighted by molar-refractivity contribution is 5.92. The number of hydrogen-bond acceptors (Lipinski definition) is 3. The first kappa shape index (κ1) is 33.5. The molecule has 0 spiro atoms. The molecule has 0 aliphatic heterocycles. The van der Waals surface area contributed by atoms with Crippen LogP contribution in [0.4, 0.5) is 0 Å². The van der Waals surface area contributed by atoms with Crippen LogP contribution in [0.1, 0.15) is 45.7 Å². The van der Waals surface area contributed by atoms with E-state index in [1.54, 1.807) is 6.08 Å². The molecule has 0 bridgehead atoms. The first-order chi connectivity index (χ1) is 26.2. The summed E-state index contributed by atoms with van der Waals surface area (Å²) in [5.41, 5.74) is 16.8. The second kappa shape index (κ2) is 12.7. The van der Waals surface area contributed by atoms with Crippen LogP contribution in [0.15, 0.2) is 151 Å². The molecule has 0 saturated carbocycles. The molecule has 1 aliphatic carbocycles. The first-order valence-corrected chi connectivity index (χ1v) is 18.7. The van der Waals surface area contributed by atoms with Crippen molar-refractivity contribution in [1.82, 2.24) is 9.97 Å². The van der Waals surface area contributed by atoms with Gasteiger partial charge >= 0.3 is 0 Å². The Morgan fingerprint density at radius 1 is 0.537 bits per heavy atom. The number of para-hydroxylation sites is 2. The summed E-state index contributed by atoms with van der Waals surface area (Å²) in [6, 6.07) is 47.9. The maximum absolute atomic E-state index is 6.34. The molecule has 0 fully saturated rings. The van der Waals surface area contributed by atoms with Crippen LogP contribution in [0.2, 0.25) is 0 Å². The third-order valence-corrected chi connectivity index (χ3v) is 12.0. The summed E-state index contributed by atoms with van der Waals surface area (Å²) >= 11 is 0. The van der Waals surface area contributed by atoms with Crippen LogP contribution in [0, 0.1) is 0 Å². The lowest BCUT2D eigenvalue weighted by Crippen LogP contribution is -2.43. The lowest BCUT2D eigenvalue weighted by Gasteiger charge is -2.48. The zero-order valence-corrected chi connectivity index (χ0v) is 31.4. The molecule has 0 radical (unpaired) electrons. The van der Waals surface area contributed by atoms with Gasteiger partial charge in [0, 0.05) is 21.7 Å². The molecule has 9 rings (SSSR count). The molecule has 0 unspecified atom stereocenters. The number of allylic oxidation sites excluding steroid dienone is 1. The van der Waals surface area contributed by atoms with Crippen molar-refractivity contribution < 1.29 is 4.42 Å². The van der Waals surface area contributed by atoms with Gasteiger partial charge in [-0.2, -0.15) is 0 Å². The van der Waals surface area contributed by atoms with Crippen molar-refractivity contribution in [1.29, 1.82) is 0 Å². The van der Waals surface area contributed by atoms with Gasteiger partial charge in [-0.1, -0.05) is 137 Å². The summed E-state index contributed by atoms with van der Waals surface area (Å²) in [4.78, 5) is 10.6. The predicted octanol–water partition coefficient (Wildman–Crippen LogP) is 12.0. The summed E-state index contributed by atoms with van der Waals surface area (Å²) in [5.74, 6) is 0. The Morgan fingerprint density at radius 3 is 1.83 bits per heavy atom. The SMILES string of the molecule is C=C/C=c1\c(=C/C)oc2cc(-c3nc4ccccc4nc3-c3ccc4c(c3)C(C)(C)C(C)(C)c3ccc(-c5cccc(-c6ccccc6)c5)cc3-4)ccc12. The summed E-state index contributed by atoms with van der Waals surface area (Å²) in [6.07, 6.45) is 5.80. The fourth-order valence-electron chi connectivity index (χ4n) is 8.31. The predicted molar refractivity (Wildman–Crippen MR) is 227 cm³/mol. The minimum Gasteiger partial charge on any atom is -0.456 e. The van der Waals surface area contributed by atoms with Crippen LogP contribution < -0.4 is 10.6 Å². The van der Waals surface area contributed by atoms with Crippen LogP contribution in [-0.4, -0.2) is 9.97 Å². The fraction of sp³-hybridized carbons (Fsp3) is 0.137. The zero-order valence-electron chi connectivity index (χ0n) is 31.4. The van der Waals surface area contributed by atoms with Crippen LogP contribution in [0.3, 0.4) is 0 Å². The maximum atomic E-state index is 6.34. The third kappa shape index (κ3) is 5.26. The molecule has 262 valence electrons. The second-order valence-corrected chi connectivity index (χ2v) is 15.4. The van der Waals surface area contributed by atoms with Gasteiger partial charge < -0.3 is 4.42 Å². The van der Waals surface area contributed by atoms with Crippen molar-refractivity contribution in [3.8, 4) is 55.9 Å². The molecule has 0 atom stereocenters. The van der Waals surface area contributed by atoms with Crippen molar-refractivity contribution in [3.63, 3.8) is 0 Å². The van der Waals surface area contributed by atoms with Gasteiger partial charge in [-0.3, -0.25) is 0 Å². The maximum Gasteiger partial charge on any atom is 0.136 e. The Hall–Kier alpha value is -6.32. The zero-order chi connectivity index (χ0) is 37.2. The molecule has 3 heteroatoms. The van der Waals surface area contributed by atoms with E-state index in [0.717, 1.165) is 55.2 Å². The highest BCUT2D eigenvalue weighted by atomic mass is 16.3. The summed E-state index contributed by atoms with van der Waals surface area (Å²) in [5, 5.41) is 2.08. The molecular weight excluding hydrogens is 657 g/mol. The standard InChI is InChI=1S/C51H42N2O/c1-7-15-39-40-26-23-37(31-47(40)54-46(39)8-2)49-48(52-44-20-12-13-21-45(44)53-49)36-22-25-38-41-29-35(24-27-42(41)50(3,4)51(5,6)43(38)30-36)34-19-14-18-33(28-34)32-16-10-9-11-17-32/h7-31H,1H2,2-6H3/b39-15-,46-8+. The van der Waals surface area contributed by atoms with E-state index >= 15 is 0 Å². The average molecular weight is 699 g/mol. The van der Waals surface area contributed by atoms with Gasteiger partial charge in [-0.25, -0.2) is 9.97 Å². The number of nitrogens with zero attached hydrogens (tertiary/aromatic N) is 2.